The van der Waals surface area contributed by atoms with Crippen LogP contribution in [0.25, 0.3) is 0 Å². The number of hydrazine groups is 1. The molecule has 0 fully saturated rings. The van der Waals surface area contributed by atoms with Gasteiger partial charge in [0.15, 0.2) is 4.21 Å². The number of thiophene rings is 1. The highest BCUT2D eigenvalue weighted by molar-refractivity contribution is 7.92. The van der Waals surface area contributed by atoms with E-state index in [2.05, 4.69) is 4.40 Å². The van der Waals surface area contributed by atoms with Crippen molar-refractivity contribution < 1.29 is 8.42 Å². The molecule has 1 aromatic heterocycles. The standard InChI is InChI=1S/C10H14ClN3O2S2/c1-3-6(2)4-9-13-18(15,16)10-7(14(9)12)5-8(11)17-10/h5-6H,3-4,12H2,1-2H3. The van der Waals surface area contributed by atoms with Crippen molar-refractivity contribution in [1.82, 2.24) is 0 Å². The van der Waals surface area contributed by atoms with E-state index in [0.717, 1.165) is 17.8 Å². The molecule has 8 heteroatoms. The van der Waals surface area contributed by atoms with Crippen molar-refractivity contribution in [3.8, 4) is 0 Å². The number of hydrogen-bond donors (Lipinski definition) is 1. The number of hydrogen-bond acceptors (Lipinski definition) is 5. The summed E-state index contributed by atoms with van der Waals surface area (Å²) in [4.78, 5) is 0. The molecule has 5 nitrogen and oxygen atoms in total. The zero-order valence-corrected chi connectivity index (χ0v) is 12.4. The summed E-state index contributed by atoms with van der Waals surface area (Å²) in [6.07, 6.45) is 1.46. The van der Waals surface area contributed by atoms with Gasteiger partial charge in [0.1, 0.15) is 5.84 Å². The summed E-state index contributed by atoms with van der Waals surface area (Å²) in [5.74, 6) is 6.60. The van der Waals surface area contributed by atoms with Crippen molar-refractivity contribution >= 4 is 44.5 Å². The van der Waals surface area contributed by atoms with Gasteiger partial charge in [-0.1, -0.05) is 31.9 Å². The Balaban J connectivity index is 2.45. The minimum Gasteiger partial charge on any atom is -0.263 e. The van der Waals surface area contributed by atoms with Crippen LogP contribution in [0.2, 0.25) is 4.34 Å². The SMILES string of the molecule is CCC(C)CC1=NS(=O)(=O)c2sc(Cl)cc2N1N. The van der Waals surface area contributed by atoms with Gasteiger partial charge >= 0.3 is 0 Å². The summed E-state index contributed by atoms with van der Waals surface area (Å²) >= 11 is 6.82. The Bertz CT molecular complexity index is 594. The average molecular weight is 308 g/mol. The molecule has 1 aromatic rings. The summed E-state index contributed by atoms with van der Waals surface area (Å²) in [6.45, 7) is 4.06. The fourth-order valence-corrected chi connectivity index (χ4v) is 4.47. The van der Waals surface area contributed by atoms with E-state index in [1.54, 1.807) is 6.07 Å². The highest BCUT2D eigenvalue weighted by Crippen LogP contribution is 2.40. The number of sulfonamides is 1. The van der Waals surface area contributed by atoms with Crippen molar-refractivity contribution in [3.05, 3.63) is 10.4 Å². The first-order valence-electron chi connectivity index (χ1n) is 5.53. The molecule has 2 rings (SSSR count). The Morgan fingerprint density at radius 3 is 2.89 bits per heavy atom. The van der Waals surface area contributed by atoms with Crippen LogP contribution in [0.15, 0.2) is 14.7 Å². The number of rotatable bonds is 3. The molecular formula is C10H14ClN3O2S2. The first kappa shape index (κ1) is 13.8. The second-order valence-corrected chi connectivity index (χ2v) is 7.78. The summed E-state index contributed by atoms with van der Waals surface area (Å²) in [5, 5.41) is 1.32. The van der Waals surface area contributed by atoms with E-state index in [4.69, 9.17) is 17.4 Å². The first-order valence-corrected chi connectivity index (χ1v) is 8.16. The smallest absolute Gasteiger partial charge is 0.263 e. The largest absolute Gasteiger partial charge is 0.295 e. The van der Waals surface area contributed by atoms with Crippen molar-refractivity contribution in [1.29, 1.82) is 0 Å². The number of nitrogens with two attached hydrogens (primary N) is 1. The molecule has 0 aliphatic carbocycles. The van der Waals surface area contributed by atoms with E-state index < -0.39 is 10.0 Å². The van der Waals surface area contributed by atoms with E-state index in [0.29, 0.717) is 28.2 Å². The molecule has 1 unspecified atom stereocenters. The van der Waals surface area contributed by atoms with Gasteiger partial charge in [-0.2, -0.15) is 8.42 Å². The molecule has 100 valence electrons. The molecule has 2 N–H and O–H groups in total. The normalized spacial score (nSPS) is 19.3. The molecular weight excluding hydrogens is 294 g/mol. The topological polar surface area (TPSA) is 75.8 Å². The quantitative estimate of drug-likeness (QED) is 0.871. The van der Waals surface area contributed by atoms with Crippen LogP contribution in [0.4, 0.5) is 5.69 Å². The van der Waals surface area contributed by atoms with Gasteiger partial charge < -0.3 is 0 Å². The molecule has 0 saturated carbocycles. The Kier molecular flexibility index (Phi) is 3.68. The minimum atomic E-state index is -3.66. The molecule has 1 aliphatic heterocycles. The fraction of sp³-hybridized carbons (Fsp3) is 0.500. The Morgan fingerprint density at radius 1 is 1.61 bits per heavy atom. The van der Waals surface area contributed by atoms with Crippen LogP contribution in [0, 0.1) is 5.92 Å². The molecule has 0 spiro atoms. The highest BCUT2D eigenvalue weighted by Gasteiger charge is 2.32. The first-order chi connectivity index (χ1) is 8.35. The van der Waals surface area contributed by atoms with Crippen molar-refractivity contribution in [2.45, 2.75) is 30.9 Å². The van der Waals surface area contributed by atoms with E-state index in [1.807, 2.05) is 13.8 Å². The lowest BCUT2D eigenvalue weighted by Crippen LogP contribution is -2.41. The van der Waals surface area contributed by atoms with Crippen LogP contribution in [0.5, 0.6) is 0 Å². The van der Waals surface area contributed by atoms with E-state index in [1.165, 1.54) is 5.01 Å². The zero-order valence-electron chi connectivity index (χ0n) is 10.1. The summed E-state index contributed by atoms with van der Waals surface area (Å²) in [5.41, 5.74) is 0.415. The van der Waals surface area contributed by atoms with Gasteiger partial charge in [-0.05, 0) is 12.0 Å². The number of anilines is 1. The third-order valence-electron chi connectivity index (χ3n) is 2.87. The van der Waals surface area contributed by atoms with Gasteiger partial charge in [-0.25, -0.2) is 5.84 Å². The van der Waals surface area contributed by atoms with Crippen LogP contribution in [0.3, 0.4) is 0 Å². The number of nitrogens with zero attached hydrogens (tertiary/aromatic N) is 2. The van der Waals surface area contributed by atoms with Gasteiger partial charge in [0.2, 0.25) is 0 Å². The summed E-state index contributed by atoms with van der Waals surface area (Å²) < 4.78 is 28.3. The van der Waals surface area contributed by atoms with Crippen LogP contribution in [-0.4, -0.2) is 14.3 Å². The average Bonchev–Trinajstić information content (AvgIpc) is 2.68. The van der Waals surface area contributed by atoms with Gasteiger partial charge in [0.25, 0.3) is 10.0 Å². The van der Waals surface area contributed by atoms with Gasteiger partial charge in [-0.15, -0.1) is 15.7 Å². The van der Waals surface area contributed by atoms with Crippen LogP contribution >= 0.6 is 22.9 Å². The van der Waals surface area contributed by atoms with Crippen molar-refractivity contribution in [3.63, 3.8) is 0 Å². The summed E-state index contributed by atoms with van der Waals surface area (Å²) in [6, 6.07) is 1.56. The predicted molar refractivity (Wildman–Crippen MR) is 74.7 cm³/mol. The maximum atomic E-state index is 12.0. The monoisotopic (exact) mass is 307 g/mol. The second-order valence-electron chi connectivity index (χ2n) is 4.29. The molecule has 1 atom stereocenters. The Hall–Kier alpha value is -0.630. The third-order valence-corrected chi connectivity index (χ3v) is 5.93. The highest BCUT2D eigenvalue weighted by atomic mass is 35.5. The maximum Gasteiger partial charge on any atom is 0.295 e. The minimum absolute atomic E-state index is 0.114. The van der Waals surface area contributed by atoms with E-state index >= 15 is 0 Å². The van der Waals surface area contributed by atoms with Gasteiger partial charge in [0, 0.05) is 6.42 Å². The van der Waals surface area contributed by atoms with Gasteiger partial charge in [-0.3, -0.25) is 5.01 Å². The molecule has 18 heavy (non-hydrogen) atoms. The zero-order chi connectivity index (χ0) is 13.5. The van der Waals surface area contributed by atoms with E-state index in [-0.39, 0.29) is 4.21 Å². The lowest BCUT2D eigenvalue weighted by molar-refractivity contribution is 0.578. The van der Waals surface area contributed by atoms with Crippen molar-refractivity contribution in [2.75, 3.05) is 5.01 Å². The lowest BCUT2D eigenvalue weighted by Gasteiger charge is -2.25. The lowest BCUT2D eigenvalue weighted by atomic mass is 10.0. The van der Waals surface area contributed by atoms with Crippen LogP contribution in [-0.2, 0) is 10.0 Å². The Morgan fingerprint density at radius 2 is 2.28 bits per heavy atom. The molecule has 1 aliphatic rings. The predicted octanol–water partition coefficient (Wildman–Crippen LogP) is 2.62. The maximum absolute atomic E-state index is 12.0. The fourth-order valence-electron chi connectivity index (χ4n) is 1.64. The van der Waals surface area contributed by atoms with Crippen LogP contribution < -0.4 is 10.9 Å². The molecule has 0 aromatic carbocycles. The second kappa shape index (κ2) is 4.80. The third kappa shape index (κ3) is 2.40. The molecule has 0 radical (unpaired) electrons. The number of halogens is 1. The molecule has 0 saturated heterocycles. The molecule has 2 heterocycles. The number of fused-ring (bicyclic) bond motifs is 1. The Labute approximate surface area is 115 Å². The number of amidine groups is 1. The summed E-state index contributed by atoms with van der Waals surface area (Å²) in [7, 11) is -3.66. The van der Waals surface area contributed by atoms with Crippen LogP contribution in [0.1, 0.15) is 26.7 Å². The molecule has 0 bridgehead atoms. The molecule has 0 amide bonds. The van der Waals surface area contributed by atoms with Gasteiger partial charge in [0.05, 0.1) is 10.0 Å². The van der Waals surface area contributed by atoms with Crippen molar-refractivity contribution in [2.24, 2.45) is 16.2 Å². The van der Waals surface area contributed by atoms with E-state index in [9.17, 15) is 8.42 Å².